The first-order valence-electron chi connectivity index (χ1n) is 6.67. The Bertz CT molecular complexity index is 746. The number of aryl methyl sites for hydroxylation is 1. The zero-order chi connectivity index (χ0) is 15.0. The summed E-state index contributed by atoms with van der Waals surface area (Å²) in [6, 6.07) is 0. The summed E-state index contributed by atoms with van der Waals surface area (Å²) in [6.07, 6.45) is 1.82. The zero-order valence-electron chi connectivity index (χ0n) is 11.5. The third-order valence-corrected chi connectivity index (χ3v) is 4.41. The maximum Gasteiger partial charge on any atom is 0.275 e. The van der Waals surface area contributed by atoms with Crippen LogP contribution in [0.1, 0.15) is 28.9 Å². The van der Waals surface area contributed by atoms with Crippen LogP contribution >= 0.6 is 11.3 Å². The van der Waals surface area contributed by atoms with Crippen LogP contribution in [0, 0.1) is 6.92 Å². The minimum atomic E-state index is -0.625. The van der Waals surface area contributed by atoms with Crippen molar-refractivity contribution in [3.05, 3.63) is 27.0 Å². The van der Waals surface area contributed by atoms with E-state index in [1.807, 2.05) is 0 Å². The average Bonchev–Trinajstić information content (AvgIpc) is 3.06. The second kappa shape index (κ2) is 5.45. The van der Waals surface area contributed by atoms with Gasteiger partial charge in [0.25, 0.3) is 11.5 Å². The summed E-state index contributed by atoms with van der Waals surface area (Å²) < 4.78 is 6.73. The third-order valence-electron chi connectivity index (χ3n) is 3.46. The Morgan fingerprint density at radius 1 is 1.67 bits per heavy atom. The molecule has 0 aromatic carbocycles. The molecule has 0 unspecified atom stereocenters. The van der Waals surface area contributed by atoms with Crippen LogP contribution in [-0.4, -0.2) is 39.7 Å². The van der Waals surface area contributed by atoms with Gasteiger partial charge >= 0.3 is 0 Å². The first-order valence-corrected chi connectivity index (χ1v) is 7.55. The molecule has 1 saturated heterocycles. The number of aromatic nitrogens is 2. The van der Waals surface area contributed by atoms with Gasteiger partial charge in [0.1, 0.15) is 0 Å². The smallest absolute Gasteiger partial charge is 0.275 e. The molecule has 2 N–H and O–H groups in total. The van der Waals surface area contributed by atoms with Gasteiger partial charge in [0.2, 0.25) is 5.88 Å². The summed E-state index contributed by atoms with van der Waals surface area (Å²) in [6.45, 7) is 2.76. The first-order chi connectivity index (χ1) is 10.1. The lowest BCUT2D eigenvalue weighted by molar-refractivity contribution is 0.0853. The maximum atomic E-state index is 12.3. The number of hydrogen-bond acceptors (Lipinski definition) is 6. The summed E-state index contributed by atoms with van der Waals surface area (Å²) >= 11 is 1.24. The van der Waals surface area contributed by atoms with Crippen molar-refractivity contribution < 1.29 is 14.6 Å². The van der Waals surface area contributed by atoms with Crippen molar-refractivity contribution in [2.24, 2.45) is 0 Å². The normalized spacial score (nSPS) is 18.2. The molecule has 8 heteroatoms. The third kappa shape index (κ3) is 2.52. The number of thiazole rings is 1. The van der Waals surface area contributed by atoms with Crippen LogP contribution in [0.15, 0.2) is 10.2 Å². The SMILES string of the molecule is Cc1csc2nc(O)c(C(=O)NC[C@@H]3CCCO3)c(=O)n12. The van der Waals surface area contributed by atoms with Crippen LogP contribution in [0.4, 0.5) is 0 Å². The fourth-order valence-corrected chi connectivity index (χ4v) is 3.22. The molecule has 2 aromatic rings. The Balaban J connectivity index is 1.89. The largest absolute Gasteiger partial charge is 0.492 e. The Kier molecular flexibility index (Phi) is 3.64. The molecule has 21 heavy (non-hydrogen) atoms. The van der Waals surface area contributed by atoms with E-state index in [-0.39, 0.29) is 11.7 Å². The highest BCUT2D eigenvalue weighted by Crippen LogP contribution is 2.17. The second-order valence-electron chi connectivity index (χ2n) is 4.96. The molecule has 0 radical (unpaired) electrons. The molecule has 1 aliphatic rings. The van der Waals surface area contributed by atoms with Gasteiger partial charge in [0.15, 0.2) is 10.5 Å². The summed E-state index contributed by atoms with van der Waals surface area (Å²) in [7, 11) is 0. The van der Waals surface area contributed by atoms with Crippen LogP contribution in [-0.2, 0) is 4.74 Å². The fraction of sp³-hybridized carbons (Fsp3) is 0.462. The number of amides is 1. The molecule has 0 bridgehead atoms. The van der Waals surface area contributed by atoms with Gasteiger partial charge in [-0.15, -0.1) is 11.3 Å². The van der Waals surface area contributed by atoms with E-state index in [0.717, 1.165) is 12.8 Å². The van der Waals surface area contributed by atoms with Gasteiger partial charge in [0.05, 0.1) is 6.10 Å². The van der Waals surface area contributed by atoms with Gasteiger partial charge in [-0.1, -0.05) is 0 Å². The fourth-order valence-electron chi connectivity index (χ4n) is 2.37. The van der Waals surface area contributed by atoms with E-state index in [1.165, 1.54) is 15.7 Å². The molecule has 0 aliphatic carbocycles. The molecule has 1 atom stereocenters. The number of nitrogens with one attached hydrogen (secondary N) is 1. The average molecular weight is 309 g/mol. The predicted octanol–water partition coefficient (Wildman–Crippen LogP) is 0.679. The standard InChI is InChI=1S/C13H15N3O4S/c1-7-6-21-13-15-11(18)9(12(19)16(7)13)10(17)14-5-8-3-2-4-20-8/h6,8,18H,2-5H2,1H3,(H,14,17)/t8-/m0/s1. The van der Waals surface area contributed by atoms with Crippen molar-refractivity contribution >= 4 is 22.2 Å². The molecule has 0 saturated carbocycles. The molecular weight excluding hydrogens is 294 g/mol. The molecule has 1 aliphatic heterocycles. The van der Waals surface area contributed by atoms with E-state index in [1.54, 1.807) is 12.3 Å². The van der Waals surface area contributed by atoms with Crippen molar-refractivity contribution in [3.63, 3.8) is 0 Å². The van der Waals surface area contributed by atoms with Crippen LogP contribution in [0.2, 0.25) is 0 Å². The molecule has 3 heterocycles. The van der Waals surface area contributed by atoms with Gasteiger partial charge in [0, 0.05) is 24.2 Å². The van der Waals surface area contributed by atoms with Crippen molar-refractivity contribution in [2.75, 3.05) is 13.2 Å². The number of ether oxygens (including phenoxy) is 1. The summed E-state index contributed by atoms with van der Waals surface area (Å²) in [5.41, 5.74) is -0.200. The number of fused-ring (bicyclic) bond motifs is 1. The van der Waals surface area contributed by atoms with E-state index in [2.05, 4.69) is 10.3 Å². The molecular formula is C13H15N3O4S. The van der Waals surface area contributed by atoms with Crippen LogP contribution in [0.5, 0.6) is 5.88 Å². The van der Waals surface area contributed by atoms with Gasteiger partial charge in [-0.25, -0.2) is 0 Å². The molecule has 2 aromatic heterocycles. The van der Waals surface area contributed by atoms with Gasteiger partial charge in [-0.05, 0) is 19.8 Å². The zero-order valence-corrected chi connectivity index (χ0v) is 12.3. The van der Waals surface area contributed by atoms with E-state index in [9.17, 15) is 14.7 Å². The second-order valence-corrected chi connectivity index (χ2v) is 5.79. The Morgan fingerprint density at radius 2 is 2.48 bits per heavy atom. The predicted molar refractivity (Wildman–Crippen MR) is 77.0 cm³/mol. The van der Waals surface area contributed by atoms with Crippen LogP contribution < -0.4 is 10.9 Å². The highest BCUT2D eigenvalue weighted by atomic mass is 32.1. The maximum absolute atomic E-state index is 12.3. The number of rotatable bonds is 3. The van der Waals surface area contributed by atoms with Crippen molar-refractivity contribution in [1.29, 1.82) is 0 Å². The van der Waals surface area contributed by atoms with E-state index in [4.69, 9.17) is 4.74 Å². The number of carbonyl (C=O) groups excluding carboxylic acids is 1. The van der Waals surface area contributed by atoms with Gasteiger partial charge < -0.3 is 15.2 Å². The van der Waals surface area contributed by atoms with Crippen LogP contribution in [0.25, 0.3) is 4.96 Å². The highest BCUT2D eigenvalue weighted by Gasteiger charge is 2.23. The Labute approximate surface area is 124 Å². The molecule has 112 valence electrons. The van der Waals surface area contributed by atoms with Crippen molar-refractivity contribution in [1.82, 2.24) is 14.7 Å². The Hall–Kier alpha value is -1.93. The summed E-state index contributed by atoms with van der Waals surface area (Å²) in [5, 5.41) is 14.2. The summed E-state index contributed by atoms with van der Waals surface area (Å²) in [4.78, 5) is 28.8. The Morgan fingerprint density at radius 3 is 3.19 bits per heavy atom. The molecule has 7 nitrogen and oxygen atoms in total. The van der Waals surface area contributed by atoms with E-state index < -0.39 is 17.3 Å². The minimum Gasteiger partial charge on any atom is -0.492 e. The van der Waals surface area contributed by atoms with E-state index >= 15 is 0 Å². The number of carbonyl (C=O) groups is 1. The molecule has 3 rings (SSSR count). The monoisotopic (exact) mass is 309 g/mol. The lowest BCUT2D eigenvalue weighted by Crippen LogP contribution is -2.36. The van der Waals surface area contributed by atoms with E-state index in [0.29, 0.717) is 23.8 Å². The lowest BCUT2D eigenvalue weighted by Gasteiger charge is -2.11. The lowest BCUT2D eigenvalue weighted by atomic mass is 10.2. The highest BCUT2D eigenvalue weighted by molar-refractivity contribution is 7.15. The van der Waals surface area contributed by atoms with Gasteiger partial charge in [-0.3, -0.25) is 14.0 Å². The molecule has 1 fully saturated rings. The summed E-state index contributed by atoms with van der Waals surface area (Å²) in [5.74, 6) is -1.16. The number of hydrogen-bond donors (Lipinski definition) is 2. The van der Waals surface area contributed by atoms with Gasteiger partial charge in [-0.2, -0.15) is 4.98 Å². The topological polar surface area (TPSA) is 92.9 Å². The molecule has 1 amide bonds. The quantitative estimate of drug-likeness (QED) is 0.869. The minimum absolute atomic E-state index is 0.0292. The van der Waals surface area contributed by atoms with Crippen molar-refractivity contribution in [2.45, 2.75) is 25.9 Å². The molecule has 0 spiro atoms. The van der Waals surface area contributed by atoms with Crippen molar-refractivity contribution in [3.8, 4) is 5.88 Å². The number of nitrogens with zero attached hydrogens (tertiary/aromatic N) is 2. The first kappa shape index (κ1) is 14.0. The number of aromatic hydroxyl groups is 1. The van der Waals surface area contributed by atoms with Crippen LogP contribution in [0.3, 0.4) is 0 Å².